The minimum absolute atomic E-state index is 0.0454. The molecule has 10 nitrogen and oxygen atoms in total. The maximum absolute atomic E-state index is 12.4. The van der Waals surface area contributed by atoms with E-state index in [1.807, 2.05) is 0 Å². The van der Waals surface area contributed by atoms with Crippen LogP contribution in [0.2, 0.25) is 0 Å². The number of nitrogens with one attached hydrogen (secondary N) is 3. The highest BCUT2D eigenvalue weighted by Gasteiger charge is 2.33. The van der Waals surface area contributed by atoms with Gasteiger partial charge < -0.3 is 30.2 Å². The summed E-state index contributed by atoms with van der Waals surface area (Å²) in [7, 11) is 4.22. The molecule has 0 saturated heterocycles. The number of aromatic nitrogens is 1. The molecule has 156 valence electrons. The third-order valence-electron chi connectivity index (χ3n) is 4.86. The number of carbonyl (C=O) groups excluding carboxylic acids is 3. The smallest absolute Gasteiger partial charge is 0.338 e. The number of rotatable bonds is 5. The summed E-state index contributed by atoms with van der Waals surface area (Å²) in [5.74, 6) is -0.226. The molecule has 1 aliphatic carbocycles. The van der Waals surface area contributed by atoms with Crippen molar-refractivity contribution in [2.45, 2.75) is 12.8 Å². The first-order valence-corrected chi connectivity index (χ1v) is 9.28. The van der Waals surface area contributed by atoms with E-state index >= 15 is 0 Å². The Labute approximate surface area is 171 Å². The average molecular weight is 412 g/mol. The van der Waals surface area contributed by atoms with Gasteiger partial charge in [0.25, 0.3) is 5.91 Å². The SMILES string of the molecule is CNC(=O)c1cnc(NC(=O)C2CC2)c2c1Nc1c(OC)cc(C(=O)OC)cc1O2. The molecule has 2 aromatic rings. The lowest BCUT2D eigenvalue weighted by molar-refractivity contribution is -0.117. The Hall–Kier alpha value is -3.82. The van der Waals surface area contributed by atoms with Crippen molar-refractivity contribution in [1.82, 2.24) is 10.3 Å². The summed E-state index contributed by atoms with van der Waals surface area (Å²) < 4.78 is 16.2. The van der Waals surface area contributed by atoms with E-state index in [-0.39, 0.29) is 46.2 Å². The molecule has 1 aliphatic heterocycles. The van der Waals surface area contributed by atoms with E-state index in [4.69, 9.17) is 14.2 Å². The van der Waals surface area contributed by atoms with E-state index in [1.165, 1.54) is 39.6 Å². The van der Waals surface area contributed by atoms with E-state index < -0.39 is 5.97 Å². The lowest BCUT2D eigenvalue weighted by Crippen LogP contribution is -2.22. The van der Waals surface area contributed by atoms with Crippen molar-refractivity contribution in [3.63, 3.8) is 0 Å². The standard InChI is InChI=1S/C20H20N4O6/c1-21-19(26)11-8-22-17(24-18(25)9-4-5-9)16-14(11)23-15-12(28-2)6-10(20(27)29-3)7-13(15)30-16/h6-9,23H,4-5H2,1-3H3,(H,21,26)(H,22,24,25). The van der Waals surface area contributed by atoms with Crippen LogP contribution in [0.4, 0.5) is 17.2 Å². The molecular weight excluding hydrogens is 392 g/mol. The first-order valence-electron chi connectivity index (χ1n) is 9.28. The van der Waals surface area contributed by atoms with Crippen molar-refractivity contribution in [3.05, 3.63) is 29.5 Å². The molecular formula is C20H20N4O6. The largest absolute Gasteiger partial charge is 0.494 e. The maximum atomic E-state index is 12.4. The van der Waals surface area contributed by atoms with E-state index in [2.05, 4.69) is 20.9 Å². The average Bonchev–Trinajstić information content (AvgIpc) is 3.61. The van der Waals surface area contributed by atoms with Crippen molar-refractivity contribution in [1.29, 1.82) is 0 Å². The predicted molar refractivity (Wildman–Crippen MR) is 107 cm³/mol. The normalized spacial score (nSPS) is 13.7. The van der Waals surface area contributed by atoms with E-state index in [1.54, 1.807) is 0 Å². The molecule has 1 fully saturated rings. The maximum Gasteiger partial charge on any atom is 0.338 e. The van der Waals surface area contributed by atoms with Gasteiger partial charge in [0.2, 0.25) is 5.91 Å². The highest BCUT2D eigenvalue weighted by atomic mass is 16.5. The number of carbonyl (C=O) groups is 3. The van der Waals surface area contributed by atoms with Crippen LogP contribution in [-0.2, 0) is 9.53 Å². The zero-order chi connectivity index (χ0) is 21.4. The van der Waals surface area contributed by atoms with Crippen molar-refractivity contribution < 1.29 is 28.6 Å². The molecule has 1 aromatic heterocycles. The molecule has 1 aromatic carbocycles. The molecule has 3 N–H and O–H groups in total. The third kappa shape index (κ3) is 3.36. The Bertz CT molecular complexity index is 1060. The lowest BCUT2D eigenvalue weighted by atomic mass is 10.1. The zero-order valence-corrected chi connectivity index (χ0v) is 16.6. The van der Waals surface area contributed by atoms with Crippen LogP contribution in [0.1, 0.15) is 33.6 Å². The Kier molecular flexibility index (Phi) is 4.90. The Balaban J connectivity index is 1.82. The number of benzene rings is 1. The molecule has 0 atom stereocenters. The van der Waals surface area contributed by atoms with Gasteiger partial charge in [-0.15, -0.1) is 0 Å². The van der Waals surface area contributed by atoms with Crippen LogP contribution < -0.4 is 25.4 Å². The number of amides is 2. The van der Waals surface area contributed by atoms with Crippen molar-refractivity contribution in [3.8, 4) is 17.2 Å². The molecule has 0 unspecified atom stereocenters. The van der Waals surface area contributed by atoms with Crippen LogP contribution in [0.5, 0.6) is 17.2 Å². The highest BCUT2D eigenvalue weighted by Crippen LogP contribution is 2.50. The van der Waals surface area contributed by atoms with Crippen molar-refractivity contribution >= 4 is 35.0 Å². The summed E-state index contributed by atoms with van der Waals surface area (Å²) >= 11 is 0. The molecule has 30 heavy (non-hydrogen) atoms. The van der Waals surface area contributed by atoms with Crippen LogP contribution in [0.25, 0.3) is 0 Å². The van der Waals surface area contributed by atoms with Gasteiger partial charge in [0.05, 0.1) is 25.3 Å². The first kappa shape index (κ1) is 19.5. The minimum atomic E-state index is -0.565. The van der Waals surface area contributed by atoms with Crippen LogP contribution in [0, 0.1) is 5.92 Å². The van der Waals surface area contributed by atoms with Crippen LogP contribution in [0.3, 0.4) is 0 Å². The molecule has 10 heteroatoms. The summed E-state index contributed by atoms with van der Waals surface area (Å²) in [6, 6.07) is 2.99. The van der Waals surface area contributed by atoms with Gasteiger partial charge in [-0.05, 0) is 25.0 Å². The van der Waals surface area contributed by atoms with Gasteiger partial charge in [0.1, 0.15) is 17.1 Å². The fourth-order valence-electron chi connectivity index (χ4n) is 3.10. The number of hydrogen-bond acceptors (Lipinski definition) is 8. The molecule has 0 bridgehead atoms. The van der Waals surface area contributed by atoms with Gasteiger partial charge in [0.15, 0.2) is 17.3 Å². The summed E-state index contributed by atoms with van der Waals surface area (Å²) in [5, 5.41) is 8.44. The fraction of sp³-hybridized carbons (Fsp3) is 0.300. The second-order valence-electron chi connectivity index (χ2n) is 6.84. The fourth-order valence-corrected chi connectivity index (χ4v) is 3.10. The molecule has 1 saturated carbocycles. The third-order valence-corrected chi connectivity index (χ3v) is 4.86. The number of fused-ring (bicyclic) bond motifs is 2. The monoisotopic (exact) mass is 412 g/mol. The molecule has 2 aliphatic rings. The van der Waals surface area contributed by atoms with Crippen molar-refractivity contribution in [2.24, 2.45) is 5.92 Å². The molecule has 2 heterocycles. The van der Waals surface area contributed by atoms with Crippen molar-refractivity contribution in [2.75, 3.05) is 31.9 Å². The molecule has 0 radical (unpaired) electrons. The Morgan fingerprint density at radius 2 is 1.97 bits per heavy atom. The Morgan fingerprint density at radius 3 is 2.60 bits per heavy atom. The Morgan fingerprint density at radius 1 is 1.20 bits per heavy atom. The number of pyridine rings is 1. The van der Waals surface area contributed by atoms with Crippen LogP contribution in [0.15, 0.2) is 18.3 Å². The summed E-state index contributed by atoms with van der Waals surface area (Å²) in [5.41, 5.74) is 1.19. The van der Waals surface area contributed by atoms with Gasteiger partial charge >= 0.3 is 5.97 Å². The van der Waals surface area contributed by atoms with Gasteiger partial charge in [-0.1, -0.05) is 0 Å². The number of nitrogens with zero attached hydrogens (tertiary/aromatic N) is 1. The number of anilines is 3. The topological polar surface area (TPSA) is 128 Å². The number of esters is 1. The second kappa shape index (κ2) is 7.54. The van der Waals surface area contributed by atoms with E-state index in [0.29, 0.717) is 17.1 Å². The zero-order valence-electron chi connectivity index (χ0n) is 16.6. The molecule has 0 spiro atoms. The second-order valence-corrected chi connectivity index (χ2v) is 6.84. The minimum Gasteiger partial charge on any atom is -0.494 e. The number of hydrogen-bond donors (Lipinski definition) is 3. The van der Waals surface area contributed by atoms with E-state index in [0.717, 1.165) is 12.8 Å². The first-order chi connectivity index (χ1) is 14.5. The van der Waals surface area contributed by atoms with Gasteiger partial charge in [0, 0.05) is 19.2 Å². The summed E-state index contributed by atoms with van der Waals surface area (Å²) in [4.78, 5) is 40.9. The molecule has 2 amide bonds. The molecule has 4 rings (SSSR count). The van der Waals surface area contributed by atoms with Gasteiger partial charge in [-0.25, -0.2) is 9.78 Å². The number of ether oxygens (including phenoxy) is 3. The predicted octanol–water partition coefficient (Wildman–Crippen LogP) is 2.43. The highest BCUT2D eigenvalue weighted by molar-refractivity contribution is 6.05. The summed E-state index contributed by atoms with van der Waals surface area (Å²) in [6.45, 7) is 0. The summed E-state index contributed by atoms with van der Waals surface area (Å²) in [6.07, 6.45) is 3.01. The van der Waals surface area contributed by atoms with Gasteiger partial charge in [-0.2, -0.15) is 0 Å². The lowest BCUT2D eigenvalue weighted by Gasteiger charge is -2.26. The van der Waals surface area contributed by atoms with Crippen LogP contribution in [-0.4, -0.2) is 44.0 Å². The number of methoxy groups -OCH3 is 2. The van der Waals surface area contributed by atoms with Gasteiger partial charge in [-0.3, -0.25) is 9.59 Å². The van der Waals surface area contributed by atoms with Crippen LogP contribution >= 0.6 is 0 Å². The quantitative estimate of drug-likeness (QED) is 0.545. The van der Waals surface area contributed by atoms with E-state index in [9.17, 15) is 14.4 Å².